The van der Waals surface area contributed by atoms with Gasteiger partial charge in [0.15, 0.2) is 0 Å². The lowest BCUT2D eigenvalue weighted by molar-refractivity contribution is 0.144. The van der Waals surface area contributed by atoms with Gasteiger partial charge in [0.25, 0.3) is 0 Å². The van der Waals surface area contributed by atoms with E-state index >= 15 is 0 Å². The minimum Gasteiger partial charge on any atom is -0.449 e. The Balaban J connectivity index is 1.34. The zero-order valence-corrected chi connectivity index (χ0v) is 16.3. The van der Waals surface area contributed by atoms with Crippen molar-refractivity contribution in [3.05, 3.63) is 100 Å². The van der Waals surface area contributed by atoms with Gasteiger partial charge in [0.2, 0.25) is 0 Å². The number of fused-ring (bicyclic) bond motifs is 3. The van der Waals surface area contributed by atoms with E-state index in [4.69, 9.17) is 16.3 Å². The molecule has 4 rings (SSSR count). The number of hydrogen-bond acceptors (Lipinski definition) is 2. The van der Waals surface area contributed by atoms with Crippen molar-refractivity contribution >= 4 is 23.8 Å². The molecule has 0 fully saturated rings. The fourth-order valence-corrected chi connectivity index (χ4v) is 3.77. The second kappa shape index (κ2) is 8.50. The molecule has 0 radical (unpaired) electrons. The zero-order chi connectivity index (χ0) is 20.2. The highest BCUT2D eigenvalue weighted by Gasteiger charge is 2.28. The van der Waals surface area contributed by atoms with Crippen LogP contribution in [0.15, 0.2) is 72.8 Å². The highest BCUT2D eigenvalue weighted by molar-refractivity contribution is 6.30. The third-order valence-electron chi connectivity index (χ3n) is 4.97. The minimum absolute atomic E-state index is 0.0202. The van der Waals surface area contributed by atoms with Crippen LogP contribution in [0.4, 0.5) is 9.18 Å². The Morgan fingerprint density at radius 1 is 1.03 bits per heavy atom. The molecule has 1 amide bonds. The monoisotopic (exact) mass is 407 g/mol. The Morgan fingerprint density at radius 2 is 1.69 bits per heavy atom. The molecular formula is C24H19ClFNO2. The standard InChI is InChI=1S/C24H19ClFNO2/c25-17-12-11-16(23(26)14-17)6-5-13-27-24(28)29-15-22-20-9-3-1-7-18(20)19-8-2-4-10-21(19)22/h1-12,14,22H,13,15H2,(H,27,28). The third-order valence-corrected chi connectivity index (χ3v) is 5.20. The van der Waals surface area contributed by atoms with Gasteiger partial charge in [-0.05, 0) is 34.4 Å². The molecule has 0 aromatic heterocycles. The number of halogens is 2. The average Bonchev–Trinajstić information content (AvgIpc) is 3.05. The quantitative estimate of drug-likeness (QED) is 0.560. The summed E-state index contributed by atoms with van der Waals surface area (Å²) in [7, 11) is 0. The molecule has 1 aliphatic carbocycles. The molecule has 0 heterocycles. The van der Waals surface area contributed by atoms with E-state index in [-0.39, 0.29) is 19.1 Å². The van der Waals surface area contributed by atoms with Crippen molar-refractivity contribution in [3.8, 4) is 11.1 Å². The van der Waals surface area contributed by atoms with Gasteiger partial charge in [-0.15, -0.1) is 0 Å². The number of carbonyl (C=O) groups is 1. The minimum atomic E-state index is -0.506. The Bertz CT molecular complexity index is 1030. The predicted molar refractivity (Wildman–Crippen MR) is 114 cm³/mol. The first kappa shape index (κ1) is 19.2. The normalized spacial score (nSPS) is 12.6. The molecule has 0 unspecified atom stereocenters. The largest absolute Gasteiger partial charge is 0.449 e. The third kappa shape index (κ3) is 4.17. The second-order valence-corrected chi connectivity index (χ2v) is 7.21. The number of hydrogen-bond donors (Lipinski definition) is 1. The average molecular weight is 408 g/mol. The number of amides is 1. The summed E-state index contributed by atoms with van der Waals surface area (Å²) >= 11 is 5.73. The second-order valence-electron chi connectivity index (χ2n) is 6.77. The van der Waals surface area contributed by atoms with Crippen LogP contribution in [-0.2, 0) is 4.74 Å². The van der Waals surface area contributed by atoms with Gasteiger partial charge < -0.3 is 10.1 Å². The fourth-order valence-electron chi connectivity index (χ4n) is 3.61. The molecule has 146 valence electrons. The molecule has 0 saturated carbocycles. The SMILES string of the molecule is O=C(NCC=Cc1ccc(Cl)cc1F)OCC1c2ccccc2-c2ccccc21. The Kier molecular flexibility index (Phi) is 5.63. The van der Waals surface area contributed by atoms with Crippen molar-refractivity contribution in [1.29, 1.82) is 0 Å². The number of alkyl carbamates (subject to hydrolysis) is 1. The van der Waals surface area contributed by atoms with Gasteiger partial charge in [-0.3, -0.25) is 0 Å². The summed E-state index contributed by atoms with van der Waals surface area (Å²) in [6.07, 6.45) is 2.75. The number of carbonyl (C=O) groups excluding carboxylic acids is 1. The van der Waals surface area contributed by atoms with E-state index in [2.05, 4.69) is 29.6 Å². The zero-order valence-electron chi connectivity index (χ0n) is 15.6. The maximum atomic E-state index is 13.7. The molecule has 1 aliphatic rings. The number of rotatable bonds is 5. The van der Waals surface area contributed by atoms with Crippen LogP contribution in [0, 0.1) is 5.82 Å². The Hall–Kier alpha value is -3.11. The molecule has 0 spiro atoms. The molecule has 0 saturated heterocycles. The van der Waals surface area contributed by atoms with E-state index in [1.807, 2.05) is 24.3 Å². The van der Waals surface area contributed by atoms with Gasteiger partial charge in [0, 0.05) is 23.0 Å². The van der Waals surface area contributed by atoms with Crippen LogP contribution >= 0.6 is 11.6 Å². The molecule has 3 nitrogen and oxygen atoms in total. The molecule has 0 bridgehead atoms. The van der Waals surface area contributed by atoms with Crippen molar-refractivity contribution in [3.63, 3.8) is 0 Å². The van der Waals surface area contributed by atoms with Crippen LogP contribution < -0.4 is 5.32 Å². The van der Waals surface area contributed by atoms with Crippen molar-refractivity contribution in [2.45, 2.75) is 5.92 Å². The number of ether oxygens (including phenoxy) is 1. The Morgan fingerprint density at radius 3 is 2.34 bits per heavy atom. The molecule has 3 aromatic rings. The van der Waals surface area contributed by atoms with Crippen LogP contribution in [-0.4, -0.2) is 19.2 Å². The van der Waals surface area contributed by atoms with E-state index in [1.165, 1.54) is 28.3 Å². The van der Waals surface area contributed by atoms with E-state index in [1.54, 1.807) is 24.3 Å². The summed E-state index contributed by atoms with van der Waals surface area (Å²) < 4.78 is 19.2. The smallest absolute Gasteiger partial charge is 0.407 e. The molecule has 0 atom stereocenters. The van der Waals surface area contributed by atoms with Gasteiger partial charge in [-0.2, -0.15) is 0 Å². The van der Waals surface area contributed by atoms with Gasteiger partial charge >= 0.3 is 6.09 Å². The molecule has 1 N–H and O–H groups in total. The van der Waals surface area contributed by atoms with Crippen molar-refractivity contribution in [2.24, 2.45) is 0 Å². The molecular weight excluding hydrogens is 389 g/mol. The topological polar surface area (TPSA) is 38.3 Å². The lowest BCUT2D eigenvalue weighted by atomic mass is 9.98. The summed E-state index contributed by atoms with van der Waals surface area (Å²) in [4.78, 5) is 12.1. The molecule has 0 aliphatic heterocycles. The summed E-state index contributed by atoms with van der Waals surface area (Å²) in [5, 5.41) is 3.00. The van der Waals surface area contributed by atoms with Gasteiger partial charge in [-0.1, -0.05) is 78.4 Å². The molecule has 29 heavy (non-hydrogen) atoms. The van der Waals surface area contributed by atoms with Gasteiger partial charge in [-0.25, -0.2) is 9.18 Å². The van der Waals surface area contributed by atoms with Crippen LogP contribution in [0.5, 0.6) is 0 Å². The van der Waals surface area contributed by atoms with Crippen LogP contribution in [0.1, 0.15) is 22.6 Å². The summed E-state index contributed by atoms with van der Waals surface area (Å²) in [5.41, 5.74) is 5.11. The first-order valence-electron chi connectivity index (χ1n) is 9.34. The maximum absolute atomic E-state index is 13.7. The number of benzene rings is 3. The summed E-state index contributed by atoms with van der Waals surface area (Å²) in [6, 6.07) is 20.8. The first-order valence-corrected chi connectivity index (χ1v) is 9.71. The highest BCUT2D eigenvalue weighted by atomic mass is 35.5. The van der Waals surface area contributed by atoms with E-state index < -0.39 is 11.9 Å². The number of nitrogens with one attached hydrogen (secondary N) is 1. The summed E-state index contributed by atoms with van der Waals surface area (Å²) in [6.45, 7) is 0.494. The van der Waals surface area contributed by atoms with Crippen molar-refractivity contribution < 1.29 is 13.9 Å². The van der Waals surface area contributed by atoms with Gasteiger partial charge in [0.1, 0.15) is 12.4 Å². The summed E-state index contributed by atoms with van der Waals surface area (Å²) in [5.74, 6) is -0.387. The lowest BCUT2D eigenvalue weighted by Gasteiger charge is -2.14. The van der Waals surface area contributed by atoms with E-state index in [0.717, 1.165) is 0 Å². The first-order chi connectivity index (χ1) is 14.1. The maximum Gasteiger partial charge on any atom is 0.407 e. The lowest BCUT2D eigenvalue weighted by Crippen LogP contribution is -2.26. The van der Waals surface area contributed by atoms with Crippen molar-refractivity contribution in [1.82, 2.24) is 5.32 Å². The van der Waals surface area contributed by atoms with E-state index in [0.29, 0.717) is 10.6 Å². The predicted octanol–water partition coefficient (Wildman–Crippen LogP) is 6.03. The highest BCUT2D eigenvalue weighted by Crippen LogP contribution is 2.44. The van der Waals surface area contributed by atoms with Crippen LogP contribution in [0.25, 0.3) is 17.2 Å². The molecule has 3 aromatic carbocycles. The Labute approximate surface area is 173 Å². The van der Waals surface area contributed by atoms with E-state index in [9.17, 15) is 9.18 Å². The van der Waals surface area contributed by atoms with Crippen LogP contribution in [0.3, 0.4) is 0 Å². The van der Waals surface area contributed by atoms with Gasteiger partial charge in [0.05, 0.1) is 0 Å². The molecule has 5 heteroatoms. The van der Waals surface area contributed by atoms with Crippen molar-refractivity contribution in [2.75, 3.05) is 13.2 Å². The fraction of sp³-hybridized carbons (Fsp3) is 0.125. The van der Waals surface area contributed by atoms with Crippen LogP contribution in [0.2, 0.25) is 5.02 Å².